The van der Waals surface area contributed by atoms with E-state index in [-0.39, 0.29) is 16.9 Å². The second-order valence-electron chi connectivity index (χ2n) is 5.57. The molecule has 0 saturated heterocycles. The Morgan fingerprint density at radius 2 is 2.10 bits per heavy atom. The van der Waals surface area contributed by atoms with Crippen LogP contribution in [0, 0.1) is 12.3 Å². The average molecular weight is 304 g/mol. The van der Waals surface area contributed by atoms with E-state index in [1.165, 1.54) is 6.07 Å². The lowest BCUT2D eigenvalue weighted by atomic mass is 9.90. The highest BCUT2D eigenvalue weighted by molar-refractivity contribution is 7.89. The molecule has 6 nitrogen and oxygen atoms in total. The number of nitrogens with two attached hydrogens (primary N) is 1. The maximum atomic E-state index is 12.3. The number of sulfonamides is 1. The molecule has 1 aromatic rings. The summed E-state index contributed by atoms with van der Waals surface area (Å²) < 4.78 is 37.4. The molecule has 20 heavy (non-hydrogen) atoms. The van der Waals surface area contributed by atoms with Crippen LogP contribution in [0.1, 0.15) is 31.8 Å². The lowest BCUT2D eigenvalue weighted by Crippen LogP contribution is -2.34. The van der Waals surface area contributed by atoms with Crippen molar-refractivity contribution < 1.29 is 17.6 Å². The van der Waals surface area contributed by atoms with E-state index in [1.54, 1.807) is 14.0 Å². The van der Waals surface area contributed by atoms with Gasteiger partial charge in [-0.25, -0.2) is 13.1 Å². The van der Waals surface area contributed by atoms with Gasteiger partial charge in [0.15, 0.2) is 0 Å². The summed E-state index contributed by atoms with van der Waals surface area (Å²) in [6.45, 7) is 6.70. The van der Waals surface area contributed by atoms with Gasteiger partial charge in [0, 0.05) is 26.3 Å². The van der Waals surface area contributed by atoms with Gasteiger partial charge >= 0.3 is 0 Å². The van der Waals surface area contributed by atoms with Crippen LogP contribution in [-0.4, -0.2) is 28.7 Å². The lowest BCUT2D eigenvalue weighted by molar-refractivity contribution is 0.153. The zero-order valence-corrected chi connectivity index (χ0v) is 13.3. The number of rotatable bonds is 8. The third-order valence-electron chi connectivity index (χ3n) is 3.14. The Bertz CT molecular complexity index is 535. The zero-order valence-electron chi connectivity index (χ0n) is 12.5. The molecule has 0 unspecified atom stereocenters. The molecule has 0 aliphatic heterocycles. The van der Waals surface area contributed by atoms with E-state index in [4.69, 9.17) is 14.9 Å². The molecule has 0 spiro atoms. The van der Waals surface area contributed by atoms with Crippen LogP contribution in [-0.2, 0) is 21.3 Å². The quantitative estimate of drug-likeness (QED) is 0.757. The highest BCUT2D eigenvalue weighted by atomic mass is 32.2. The fourth-order valence-corrected chi connectivity index (χ4v) is 3.17. The summed E-state index contributed by atoms with van der Waals surface area (Å²) in [4.78, 5) is 0.153. The lowest BCUT2D eigenvalue weighted by Gasteiger charge is -2.24. The Morgan fingerprint density at radius 1 is 1.45 bits per heavy atom. The molecule has 1 aromatic heterocycles. The predicted molar refractivity (Wildman–Crippen MR) is 76.8 cm³/mol. The Morgan fingerprint density at radius 3 is 2.60 bits per heavy atom. The van der Waals surface area contributed by atoms with Gasteiger partial charge in [0.1, 0.15) is 16.4 Å². The van der Waals surface area contributed by atoms with Gasteiger partial charge < -0.3 is 14.9 Å². The minimum atomic E-state index is -3.58. The molecule has 0 aliphatic rings. The monoisotopic (exact) mass is 304 g/mol. The van der Waals surface area contributed by atoms with E-state index in [0.29, 0.717) is 24.7 Å². The van der Waals surface area contributed by atoms with Gasteiger partial charge in [-0.05, 0) is 18.8 Å². The van der Waals surface area contributed by atoms with Gasteiger partial charge in [0.05, 0.1) is 6.54 Å². The number of methoxy groups -OCH3 is 1. The molecule has 0 fully saturated rings. The summed E-state index contributed by atoms with van der Waals surface area (Å²) in [5.41, 5.74) is 5.27. The molecule has 0 amide bonds. The van der Waals surface area contributed by atoms with Crippen molar-refractivity contribution in [2.75, 3.05) is 20.3 Å². The van der Waals surface area contributed by atoms with Gasteiger partial charge in [-0.15, -0.1) is 0 Å². The second-order valence-corrected chi connectivity index (χ2v) is 7.30. The first-order chi connectivity index (χ1) is 9.22. The van der Waals surface area contributed by atoms with Crippen molar-refractivity contribution in [1.82, 2.24) is 4.72 Å². The van der Waals surface area contributed by atoms with Crippen LogP contribution in [0.5, 0.6) is 0 Å². The van der Waals surface area contributed by atoms with Crippen LogP contribution >= 0.6 is 0 Å². The number of aryl methyl sites for hydroxylation is 1. The molecule has 116 valence electrons. The fourth-order valence-electron chi connectivity index (χ4n) is 1.73. The fraction of sp³-hybridized carbons (Fsp3) is 0.692. The van der Waals surface area contributed by atoms with Gasteiger partial charge in [-0.1, -0.05) is 13.8 Å². The Hall–Kier alpha value is -0.890. The Labute approximate surface area is 120 Å². The van der Waals surface area contributed by atoms with Crippen LogP contribution in [0.15, 0.2) is 15.4 Å². The molecule has 3 N–H and O–H groups in total. The van der Waals surface area contributed by atoms with Gasteiger partial charge in [0.25, 0.3) is 0 Å². The molecule has 0 atom stereocenters. The zero-order chi connectivity index (χ0) is 15.4. The maximum absolute atomic E-state index is 12.3. The Balaban J connectivity index is 2.77. The van der Waals surface area contributed by atoms with Crippen molar-refractivity contribution >= 4 is 10.0 Å². The van der Waals surface area contributed by atoms with Crippen LogP contribution in [0.3, 0.4) is 0 Å². The third-order valence-corrected chi connectivity index (χ3v) is 4.65. The van der Waals surface area contributed by atoms with Crippen molar-refractivity contribution in [2.45, 2.75) is 38.6 Å². The largest absolute Gasteiger partial charge is 0.464 e. The SMILES string of the molecule is COCCC(C)(C)CNS(=O)(=O)c1cc(CN)oc1C. The third kappa shape index (κ3) is 4.59. The van der Waals surface area contributed by atoms with Crippen molar-refractivity contribution in [3.8, 4) is 0 Å². The smallest absolute Gasteiger partial charge is 0.244 e. The van der Waals surface area contributed by atoms with Crippen molar-refractivity contribution in [2.24, 2.45) is 11.1 Å². The summed E-state index contributed by atoms with van der Waals surface area (Å²) in [5.74, 6) is 0.814. The van der Waals surface area contributed by atoms with Crippen molar-refractivity contribution in [3.63, 3.8) is 0 Å². The first-order valence-electron chi connectivity index (χ1n) is 6.50. The summed E-state index contributed by atoms with van der Waals surface area (Å²) in [5, 5.41) is 0. The summed E-state index contributed by atoms with van der Waals surface area (Å²) >= 11 is 0. The molecule has 0 aromatic carbocycles. The standard InChI is InChI=1S/C13H24N2O4S/c1-10-12(7-11(8-14)19-10)20(16,17)15-9-13(2,3)5-6-18-4/h7,15H,5-6,8-9,14H2,1-4H3. The van der Waals surface area contributed by atoms with E-state index in [2.05, 4.69) is 4.72 Å². The molecule has 1 heterocycles. The molecule has 0 radical (unpaired) electrons. The Kier molecular flexibility index (Phi) is 5.76. The van der Waals surface area contributed by atoms with Gasteiger partial charge in [0.2, 0.25) is 10.0 Å². The van der Waals surface area contributed by atoms with E-state index in [1.807, 2.05) is 13.8 Å². The molecule has 7 heteroatoms. The van der Waals surface area contributed by atoms with Gasteiger partial charge in [-0.3, -0.25) is 0 Å². The average Bonchev–Trinajstić information content (AvgIpc) is 2.77. The summed E-state index contributed by atoms with van der Waals surface area (Å²) in [6, 6.07) is 1.47. The maximum Gasteiger partial charge on any atom is 0.244 e. The van der Waals surface area contributed by atoms with Gasteiger partial charge in [-0.2, -0.15) is 0 Å². The highest BCUT2D eigenvalue weighted by Crippen LogP contribution is 2.23. The van der Waals surface area contributed by atoms with E-state index >= 15 is 0 Å². The molecular formula is C13H24N2O4S. The topological polar surface area (TPSA) is 94.6 Å². The van der Waals surface area contributed by atoms with Crippen LogP contribution < -0.4 is 10.5 Å². The summed E-state index contributed by atoms with van der Waals surface area (Å²) in [7, 11) is -1.95. The van der Waals surface area contributed by atoms with E-state index in [9.17, 15) is 8.42 Å². The normalized spacial score (nSPS) is 12.8. The molecule has 0 aliphatic carbocycles. The number of nitrogens with one attached hydrogen (secondary N) is 1. The molecule has 0 saturated carbocycles. The minimum Gasteiger partial charge on any atom is -0.464 e. The predicted octanol–water partition coefficient (Wildman–Crippen LogP) is 1.39. The number of ether oxygens (including phenoxy) is 1. The van der Waals surface area contributed by atoms with E-state index in [0.717, 1.165) is 6.42 Å². The summed E-state index contributed by atoms with van der Waals surface area (Å²) in [6.07, 6.45) is 0.768. The minimum absolute atomic E-state index is 0.153. The number of furan rings is 1. The van der Waals surface area contributed by atoms with Crippen molar-refractivity contribution in [3.05, 3.63) is 17.6 Å². The first-order valence-corrected chi connectivity index (χ1v) is 7.98. The van der Waals surface area contributed by atoms with Crippen molar-refractivity contribution in [1.29, 1.82) is 0 Å². The second kappa shape index (κ2) is 6.71. The molecular weight excluding hydrogens is 280 g/mol. The molecule has 0 bridgehead atoms. The molecule has 1 rings (SSSR count). The van der Waals surface area contributed by atoms with Crippen LogP contribution in [0.25, 0.3) is 0 Å². The van der Waals surface area contributed by atoms with Crippen LogP contribution in [0.4, 0.5) is 0 Å². The highest BCUT2D eigenvalue weighted by Gasteiger charge is 2.25. The number of hydrogen-bond donors (Lipinski definition) is 2. The number of hydrogen-bond acceptors (Lipinski definition) is 5. The van der Waals surface area contributed by atoms with Crippen LogP contribution in [0.2, 0.25) is 0 Å². The first kappa shape index (κ1) is 17.2. The van der Waals surface area contributed by atoms with E-state index < -0.39 is 10.0 Å².